The van der Waals surface area contributed by atoms with Crippen LogP contribution in [0.1, 0.15) is 5.69 Å². The maximum absolute atomic E-state index is 13.2. The minimum absolute atomic E-state index is 0.0658. The topological polar surface area (TPSA) is 50.9 Å². The fraction of sp³-hybridized carbons (Fsp3) is 0.300. The van der Waals surface area contributed by atoms with Crippen LogP contribution in [0.5, 0.6) is 0 Å². The van der Waals surface area contributed by atoms with Crippen molar-refractivity contribution in [3.8, 4) is 10.6 Å². The number of hydrogen-bond acceptors (Lipinski definition) is 4. The van der Waals surface area contributed by atoms with Crippen molar-refractivity contribution < 1.29 is 19.0 Å². The molecule has 8 heteroatoms. The van der Waals surface area contributed by atoms with Gasteiger partial charge in [0.1, 0.15) is 49.2 Å². The summed E-state index contributed by atoms with van der Waals surface area (Å²) in [6.45, 7) is 5.30. The van der Waals surface area contributed by atoms with Crippen molar-refractivity contribution in [2.45, 2.75) is 6.54 Å². The number of thiazole rings is 1. The van der Waals surface area contributed by atoms with Crippen LogP contribution in [0.3, 0.4) is 0 Å². The highest BCUT2D eigenvalue weighted by molar-refractivity contribution is 7.14. The van der Waals surface area contributed by atoms with E-state index in [1.165, 1.54) is 27.5 Å². The summed E-state index contributed by atoms with van der Waals surface area (Å²) in [5.41, 5.74) is 2.86. The van der Waals surface area contributed by atoms with E-state index in [1.54, 1.807) is 34.8 Å². The summed E-state index contributed by atoms with van der Waals surface area (Å²) in [7, 11) is 0. The fourth-order valence-electron chi connectivity index (χ4n) is 3.47. The largest absolute Gasteiger partial charge is 0.321 e. The smallest absolute Gasteiger partial charge is 0.279 e. The first-order chi connectivity index (χ1) is 13.7. The van der Waals surface area contributed by atoms with Crippen molar-refractivity contribution in [2.75, 3.05) is 38.0 Å². The summed E-state index contributed by atoms with van der Waals surface area (Å²) >= 11 is 3.40. The third kappa shape index (κ3) is 5.02. The Hall–Kier alpha value is -2.13. The molecular formula is C20H23FN4OS2+2. The molecule has 0 atom stereocenters. The number of amides is 1. The van der Waals surface area contributed by atoms with E-state index >= 15 is 0 Å². The second kappa shape index (κ2) is 8.91. The minimum Gasteiger partial charge on any atom is -0.321 e. The Morgan fingerprint density at radius 3 is 2.71 bits per heavy atom. The van der Waals surface area contributed by atoms with Crippen molar-refractivity contribution >= 4 is 34.3 Å². The Bertz CT molecular complexity index is 920. The number of carbonyl (C=O) groups is 1. The summed E-state index contributed by atoms with van der Waals surface area (Å²) in [5, 5.41) is 10.2. The van der Waals surface area contributed by atoms with Gasteiger partial charge in [-0.25, -0.2) is 9.37 Å². The van der Waals surface area contributed by atoms with Crippen LogP contribution in [-0.2, 0) is 11.3 Å². The first-order valence-electron chi connectivity index (χ1n) is 9.35. The average Bonchev–Trinajstić information content (AvgIpc) is 3.35. The van der Waals surface area contributed by atoms with Crippen LogP contribution >= 0.6 is 22.7 Å². The Labute approximate surface area is 171 Å². The van der Waals surface area contributed by atoms with Crippen LogP contribution in [0.2, 0.25) is 0 Å². The quantitative estimate of drug-likeness (QED) is 0.558. The molecule has 0 saturated carbocycles. The Morgan fingerprint density at radius 1 is 1.14 bits per heavy atom. The van der Waals surface area contributed by atoms with Crippen molar-refractivity contribution in [1.82, 2.24) is 4.98 Å². The molecule has 0 aliphatic carbocycles. The zero-order valence-corrected chi connectivity index (χ0v) is 17.0. The van der Waals surface area contributed by atoms with Crippen LogP contribution in [0, 0.1) is 5.82 Å². The molecule has 146 valence electrons. The van der Waals surface area contributed by atoms with Crippen LogP contribution in [0.15, 0.2) is 46.5 Å². The van der Waals surface area contributed by atoms with Crippen molar-refractivity contribution in [2.24, 2.45) is 0 Å². The number of aromatic nitrogens is 1. The molecule has 5 nitrogen and oxygen atoms in total. The molecule has 1 amide bonds. The van der Waals surface area contributed by atoms with E-state index in [9.17, 15) is 9.18 Å². The molecule has 4 rings (SSSR count). The van der Waals surface area contributed by atoms with Crippen LogP contribution in [0.4, 0.5) is 10.1 Å². The van der Waals surface area contributed by atoms with E-state index in [0.29, 0.717) is 12.2 Å². The number of nitrogens with zero attached hydrogens (tertiary/aromatic N) is 1. The Kier molecular flexibility index (Phi) is 6.11. The lowest BCUT2D eigenvalue weighted by Gasteiger charge is -2.28. The number of hydrogen-bond donors (Lipinski definition) is 3. The van der Waals surface area contributed by atoms with E-state index < -0.39 is 0 Å². The third-order valence-electron chi connectivity index (χ3n) is 4.93. The predicted molar refractivity (Wildman–Crippen MR) is 110 cm³/mol. The number of carbonyl (C=O) groups excluding carboxylic acids is 1. The van der Waals surface area contributed by atoms with Gasteiger partial charge >= 0.3 is 0 Å². The van der Waals surface area contributed by atoms with E-state index in [1.807, 2.05) is 0 Å². The standard InChI is InChI=1S/C20H21FN4OS2/c21-16-2-1-3-17(10-16)22-19(26)12-25-7-5-24(6-8-25)11-18-14-28-20(23-18)15-4-9-27-13-15/h1-4,9-10,13-14H,5-8,11-12H2,(H,22,26)/p+2. The second-order valence-electron chi connectivity index (χ2n) is 7.07. The fourth-order valence-corrected chi connectivity index (χ4v) is 5.00. The van der Waals surface area contributed by atoms with Gasteiger partial charge in [-0.3, -0.25) is 4.79 Å². The van der Waals surface area contributed by atoms with Crippen LogP contribution < -0.4 is 15.1 Å². The Morgan fingerprint density at radius 2 is 1.96 bits per heavy atom. The number of piperazine rings is 1. The summed E-state index contributed by atoms with van der Waals surface area (Å²) in [4.78, 5) is 19.8. The summed E-state index contributed by atoms with van der Waals surface area (Å²) in [6.07, 6.45) is 0. The van der Waals surface area contributed by atoms with Crippen molar-refractivity contribution in [1.29, 1.82) is 0 Å². The van der Waals surface area contributed by atoms with Gasteiger partial charge < -0.3 is 15.1 Å². The average molecular weight is 419 g/mol. The van der Waals surface area contributed by atoms with Gasteiger partial charge in [-0.15, -0.1) is 11.3 Å². The van der Waals surface area contributed by atoms with Gasteiger partial charge in [0.2, 0.25) is 0 Å². The van der Waals surface area contributed by atoms with Gasteiger partial charge in [0.05, 0.1) is 0 Å². The van der Waals surface area contributed by atoms with E-state index in [0.717, 1.165) is 43.4 Å². The molecule has 3 heterocycles. The molecule has 0 unspecified atom stereocenters. The van der Waals surface area contributed by atoms with Gasteiger partial charge in [0.15, 0.2) is 6.54 Å². The highest BCUT2D eigenvalue weighted by Crippen LogP contribution is 2.25. The van der Waals surface area contributed by atoms with Crippen LogP contribution in [0.25, 0.3) is 10.6 Å². The maximum Gasteiger partial charge on any atom is 0.279 e. The number of rotatable bonds is 6. The first kappa shape index (κ1) is 19.2. The van der Waals surface area contributed by atoms with Gasteiger partial charge in [-0.2, -0.15) is 11.3 Å². The zero-order valence-electron chi connectivity index (χ0n) is 15.4. The highest BCUT2D eigenvalue weighted by atomic mass is 32.1. The predicted octanol–water partition coefficient (Wildman–Crippen LogP) is 0.933. The zero-order chi connectivity index (χ0) is 19.3. The van der Waals surface area contributed by atoms with Crippen molar-refractivity contribution in [3.63, 3.8) is 0 Å². The molecule has 3 N–H and O–H groups in total. The molecule has 1 aliphatic heterocycles. The number of nitrogens with one attached hydrogen (secondary N) is 3. The number of anilines is 1. The molecule has 1 fully saturated rings. The van der Waals surface area contributed by atoms with Gasteiger partial charge in [0, 0.05) is 22.0 Å². The minimum atomic E-state index is -0.341. The molecule has 1 aliphatic rings. The lowest BCUT2D eigenvalue weighted by molar-refractivity contribution is -1.02. The molecule has 2 aromatic heterocycles. The maximum atomic E-state index is 13.2. The number of thiophene rings is 1. The molecular weight excluding hydrogens is 395 g/mol. The monoisotopic (exact) mass is 418 g/mol. The number of halogens is 1. The van der Waals surface area contributed by atoms with Gasteiger partial charge in [0.25, 0.3) is 5.91 Å². The SMILES string of the molecule is O=C(C[NH+]1CC[NH+](Cc2csc(-c3ccsc3)n2)CC1)Nc1cccc(F)c1. The van der Waals surface area contributed by atoms with Gasteiger partial charge in [-0.05, 0) is 29.6 Å². The van der Waals surface area contributed by atoms with Crippen molar-refractivity contribution in [3.05, 3.63) is 58.0 Å². The third-order valence-corrected chi connectivity index (χ3v) is 6.56. The van der Waals surface area contributed by atoms with E-state index in [-0.39, 0.29) is 11.7 Å². The number of benzene rings is 1. The molecule has 0 radical (unpaired) electrons. The molecule has 3 aromatic rings. The molecule has 1 saturated heterocycles. The lowest BCUT2D eigenvalue weighted by Crippen LogP contribution is -3.28. The summed E-state index contributed by atoms with van der Waals surface area (Å²) in [6, 6.07) is 8.12. The molecule has 0 bridgehead atoms. The Balaban J connectivity index is 1.23. The van der Waals surface area contributed by atoms with E-state index in [4.69, 9.17) is 4.98 Å². The second-order valence-corrected chi connectivity index (χ2v) is 8.71. The summed E-state index contributed by atoms with van der Waals surface area (Å²) in [5.74, 6) is -0.407. The number of quaternary nitrogens is 2. The highest BCUT2D eigenvalue weighted by Gasteiger charge is 2.25. The van der Waals surface area contributed by atoms with Gasteiger partial charge in [-0.1, -0.05) is 6.07 Å². The first-order valence-corrected chi connectivity index (χ1v) is 11.2. The molecule has 1 aromatic carbocycles. The normalized spacial score (nSPS) is 19.5. The summed E-state index contributed by atoms with van der Waals surface area (Å²) < 4.78 is 13.2. The van der Waals surface area contributed by atoms with Crippen LogP contribution in [-0.4, -0.2) is 43.6 Å². The lowest BCUT2D eigenvalue weighted by atomic mass is 10.2. The molecule has 0 spiro atoms. The van der Waals surface area contributed by atoms with E-state index in [2.05, 4.69) is 27.5 Å². The molecule has 28 heavy (non-hydrogen) atoms.